The Morgan fingerprint density at radius 3 is 2.58 bits per heavy atom. The normalized spacial score (nSPS) is 13.8. The minimum atomic E-state index is -0.263. The summed E-state index contributed by atoms with van der Waals surface area (Å²) in [5, 5.41) is 0. The second kappa shape index (κ2) is 6.27. The predicted molar refractivity (Wildman–Crippen MR) is 78.4 cm³/mol. The van der Waals surface area contributed by atoms with Gasteiger partial charge in [0.05, 0.1) is 12.2 Å². The van der Waals surface area contributed by atoms with Crippen LogP contribution in [0.1, 0.15) is 24.2 Å². The zero-order chi connectivity index (χ0) is 13.7. The Hall–Kier alpha value is -1.97. The van der Waals surface area contributed by atoms with Crippen LogP contribution in [-0.2, 0) is 4.74 Å². The summed E-state index contributed by atoms with van der Waals surface area (Å²) in [4.78, 5) is 13.8. The van der Waals surface area contributed by atoms with Gasteiger partial charge in [-0.1, -0.05) is 29.6 Å². The summed E-state index contributed by atoms with van der Waals surface area (Å²) in [5.74, 6) is 1.89. The number of rotatable bonds is 4. The number of esters is 1. The Morgan fingerprint density at radius 1 is 1.21 bits per heavy atom. The Kier molecular flexibility index (Phi) is 4.45. The molecule has 0 unspecified atom stereocenters. The lowest BCUT2D eigenvalue weighted by atomic mass is 9.53. The third-order valence-corrected chi connectivity index (χ3v) is 3.17. The van der Waals surface area contributed by atoms with Crippen molar-refractivity contribution in [2.24, 2.45) is 0 Å². The van der Waals surface area contributed by atoms with Gasteiger partial charge in [-0.25, -0.2) is 4.79 Å². The van der Waals surface area contributed by atoms with E-state index in [0.717, 1.165) is 6.54 Å². The number of carbonyl (C=O) groups is 1. The first kappa shape index (κ1) is 13.5. The van der Waals surface area contributed by atoms with E-state index in [1.54, 1.807) is 0 Å². The molecule has 0 bridgehead atoms. The van der Waals surface area contributed by atoms with Crippen LogP contribution in [0.4, 0.5) is 0 Å². The number of nitrogens with zero attached hydrogens (tertiary/aromatic N) is 1. The largest absolute Gasteiger partial charge is 0.462 e. The van der Waals surface area contributed by atoms with E-state index in [2.05, 4.69) is 30.0 Å². The first-order valence-electron chi connectivity index (χ1n) is 6.64. The lowest BCUT2D eigenvalue weighted by Crippen LogP contribution is -2.45. The first-order chi connectivity index (χ1) is 9.26. The molecule has 0 radical (unpaired) electrons. The van der Waals surface area contributed by atoms with E-state index >= 15 is 0 Å². The molecular weight excluding hydrogens is 237 g/mol. The molecule has 1 aromatic carbocycles. The van der Waals surface area contributed by atoms with Gasteiger partial charge >= 0.3 is 12.8 Å². The summed E-state index contributed by atoms with van der Waals surface area (Å²) in [6.45, 7) is 5.53. The number of carbonyl (C=O) groups excluding carboxylic acids is 1. The Bertz CT molecular complexity index is 493. The average molecular weight is 255 g/mol. The smallest absolute Gasteiger partial charge is 0.338 e. The lowest BCUT2D eigenvalue weighted by Gasteiger charge is -2.26. The molecule has 0 amide bonds. The van der Waals surface area contributed by atoms with Crippen LogP contribution in [0.25, 0.3) is 0 Å². The van der Waals surface area contributed by atoms with Gasteiger partial charge in [0.1, 0.15) is 0 Å². The Balaban J connectivity index is 2.16. The van der Waals surface area contributed by atoms with Crippen LogP contribution < -0.4 is 5.46 Å². The van der Waals surface area contributed by atoms with Crippen molar-refractivity contribution in [2.45, 2.75) is 13.8 Å². The quantitative estimate of drug-likeness (QED) is 0.608. The highest BCUT2D eigenvalue weighted by Crippen LogP contribution is 2.07. The molecule has 1 aliphatic heterocycles. The van der Waals surface area contributed by atoms with Crippen LogP contribution in [0.2, 0.25) is 0 Å². The van der Waals surface area contributed by atoms with Crippen molar-refractivity contribution in [1.82, 2.24) is 4.81 Å². The second-order valence-electron chi connectivity index (χ2n) is 4.34. The van der Waals surface area contributed by atoms with Gasteiger partial charge in [-0.05, 0) is 38.3 Å². The molecule has 1 aromatic rings. The number of benzene rings is 1. The van der Waals surface area contributed by atoms with Gasteiger partial charge in [0.15, 0.2) is 0 Å². The maximum absolute atomic E-state index is 11.6. The molecule has 98 valence electrons. The van der Waals surface area contributed by atoms with E-state index in [1.165, 1.54) is 5.46 Å². The molecule has 19 heavy (non-hydrogen) atoms. The fourth-order valence-electron chi connectivity index (χ4n) is 2.17. The van der Waals surface area contributed by atoms with Crippen LogP contribution >= 0.6 is 0 Å². The SMILES string of the molecule is CCOC(=O)c1ccc(B2C=CC=CN2CC)cc1. The molecule has 0 aliphatic carbocycles. The van der Waals surface area contributed by atoms with Crippen LogP contribution in [0.5, 0.6) is 0 Å². The highest BCUT2D eigenvalue weighted by Gasteiger charge is 2.21. The van der Waals surface area contributed by atoms with Gasteiger partial charge in [-0.2, -0.15) is 0 Å². The van der Waals surface area contributed by atoms with E-state index in [4.69, 9.17) is 4.74 Å². The zero-order valence-electron chi connectivity index (χ0n) is 11.4. The standard InChI is InChI=1S/C15H18BNO2/c1-3-17-12-6-5-11-16(17)14-9-7-13(8-10-14)15(18)19-4-2/h5-12H,3-4H2,1-2H3. The van der Waals surface area contributed by atoms with Gasteiger partial charge in [-0.15, -0.1) is 0 Å². The van der Waals surface area contributed by atoms with Gasteiger partial charge in [0, 0.05) is 6.54 Å². The van der Waals surface area contributed by atoms with Gasteiger partial charge in [0.2, 0.25) is 0 Å². The van der Waals surface area contributed by atoms with Crippen molar-refractivity contribution in [2.75, 3.05) is 13.2 Å². The molecule has 0 saturated carbocycles. The monoisotopic (exact) mass is 255 g/mol. The minimum absolute atomic E-state index is 0.242. The summed E-state index contributed by atoms with van der Waals surface area (Å²) in [6, 6.07) is 7.63. The van der Waals surface area contributed by atoms with E-state index in [-0.39, 0.29) is 12.8 Å². The number of ether oxygens (including phenoxy) is 1. The lowest BCUT2D eigenvalue weighted by molar-refractivity contribution is 0.0526. The van der Waals surface area contributed by atoms with E-state index in [9.17, 15) is 4.79 Å². The third kappa shape index (κ3) is 3.08. The molecule has 0 N–H and O–H groups in total. The van der Waals surface area contributed by atoms with Crippen LogP contribution in [0, 0.1) is 0 Å². The van der Waals surface area contributed by atoms with Gasteiger partial charge in [-0.3, -0.25) is 0 Å². The van der Waals surface area contributed by atoms with Crippen molar-refractivity contribution in [3.63, 3.8) is 0 Å². The predicted octanol–water partition coefficient (Wildman–Crippen LogP) is 2.01. The zero-order valence-corrected chi connectivity index (χ0v) is 11.4. The molecule has 0 aromatic heterocycles. The van der Waals surface area contributed by atoms with Crippen molar-refractivity contribution >= 4 is 18.3 Å². The summed E-state index contributed by atoms with van der Waals surface area (Å²) >= 11 is 0. The van der Waals surface area contributed by atoms with Crippen LogP contribution in [0.15, 0.2) is 48.6 Å². The van der Waals surface area contributed by atoms with Crippen LogP contribution in [-0.4, -0.2) is 30.8 Å². The molecule has 0 spiro atoms. The number of allylic oxidation sites excluding steroid dienone is 2. The van der Waals surface area contributed by atoms with E-state index in [0.29, 0.717) is 12.2 Å². The fraction of sp³-hybridized carbons (Fsp3) is 0.267. The maximum atomic E-state index is 11.6. The number of hydrogen-bond donors (Lipinski definition) is 0. The minimum Gasteiger partial charge on any atom is -0.462 e. The molecule has 2 rings (SSSR count). The molecule has 0 saturated heterocycles. The van der Waals surface area contributed by atoms with Crippen molar-refractivity contribution in [3.8, 4) is 0 Å². The molecule has 0 fully saturated rings. The molecule has 3 nitrogen and oxygen atoms in total. The molecule has 1 heterocycles. The van der Waals surface area contributed by atoms with E-state index in [1.807, 2.05) is 37.3 Å². The highest BCUT2D eigenvalue weighted by atomic mass is 16.5. The summed E-state index contributed by atoms with van der Waals surface area (Å²) < 4.78 is 4.98. The van der Waals surface area contributed by atoms with E-state index < -0.39 is 0 Å². The van der Waals surface area contributed by atoms with Gasteiger partial charge < -0.3 is 9.55 Å². The van der Waals surface area contributed by atoms with Crippen molar-refractivity contribution < 1.29 is 9.53 Å². The number of hydrogen-bond acceptors (Lipinski definition) is 3. The summed E-state index contributed by atoms with van der Waals surface area (Å²) in [7, 11) is 0. The first-order valence-corrected chi connectivity index (χ1v) is 6.64. The third-order valence-electron chi connectivity index (χ3n) is 3.17. The molecular formula is C15H18BNO2. The second-order valence-corrected chi connectivity index (χ2v) is 4.34. The van der Waals surface area contributed by atoms with Crippen molar-refractivity contribution in [1.29, 1.82) is 0 Å². The fourth-order valence-corrected chi connectivity index (χ4v) is 2.17. The Morgan fingerprint density at radius 2 is 1.95 bits per heavy atom. The van der Waals surface area contributed by atoms with Crippen LogP contribution in [0.3, 0.4) is 0 Å². The summed E-state index contributed by atoms with van der Waals surface area (Å²) in [6.07, 6.45) is 6.17. The highest BCUT2D eigenvalue weighted by molar-refractivity contribution is 6.75. The average Bonchev–Trinajstić information content (AvgIpc) is 2.47. The molecule has 0 atom stereocenters. The molecule has 4 heteroatoms. The topological polar surface area (TPSA) is 29.5 Å². The van der Waals surface area contributed by atoms with Crippen molar-refractivity contribution in [3.05, 3.63) is 54.2 Å². The van der Waals surface area contributed by atoms with Gasteiger partial charge in [0.25, 0.3) is 0 Å². The summed E-state index contributed by atoms with van der Waals surface area (Å²) in [5.41, 5.74) is 1.78. The Labute approximate surface area is 114 Å². The molecule has 1 aliphatic rings. The maximum Gasteiger partial charge on any atom is 0.338 e.